The van der Waals surface area contributed by atoms with E-state index in [0.717, 1.165) is 11.5 Å². The Morgan fingerprint density at radius 1 is 0.607 bits per heavy atom. The molecule has 1 heterocycles. The Hall–Kier alpha value is -2.44. The third-order valence-corrected chi connectivity index (χ3v) is 6.70. The number of rotatable bonds is 6. The highest BCUT2D eigenvalue weighted by atomic mass is 32.2. The van der Waals surface area contributed by atoms with Crippen molar-refractivity contribution >= 4 is 23.5 Å². The lowest BCUT2D eigenvalue weighted by Crippen LogP contribution is -2.01. The molecule has 0 saturated carbocycles. The van der Waals surface area contributed by atoms with Crippen LogP contribution < -0.4 is 9.47 Å². The van der Waals surface area contributed by atoms with Crippen molar-refractivity contribution in [3.63, 3.8) is 0 Å². The average molecular weight is 409 g/mol. The van der Waals surface area contributed by atoms with Crippen molar-refractivity contribution in [2.75, 3.05) is 14.2 Å². The van der Waals surface area contributed by atoms with Crippen molar-refractivity contribution < 1.29 is 9.47 Å². The molecule has 1 aliphatic rings. The number of nitrogens with zero attached hydrogens (tertiary/aromatic N) is 2. The molecule has 3 aromatic rings. The Balaban J connectivity index is 1.61. The summed E-state index contributed by atoms with van der Waals surface area (Å²) in [6, 6.07) is 20.7. The number of fused-ring (bicyclic) bond motifs is 1. The summed E-state index contributed by atoms with van der Waals surface area (Å²) in [5, 5.41) is 8.57. The van der Waals surface area contributed by atoms with Crippen LogP contribution in [0.4, 0.5) is 0 Å². The van der Waals surface area contributed by atoms with Crippen molar-refractivity contribution in [1.29, 1.82) is 0 Å². The highest BCUT2D eigenvalue weighted by molar-refractivity contribution is 7.99. The molecule has 0 fully saturated rings. The normalized spacial score (nSPS) is 12.5. The van der Waals surface area contributed by atoms with Gasteiger partial charge in [0.1, 0.15) is 11.5 Å². The predicted octanol–water partition coefficient (Wildman–Crippen LogP) is 6.47. The lowest BCUT2D eigenvalue weighted by atomic mass is 10.1. The Morgan fingerprint density at radius 3 is 1.36 bits per heavy atom. The average Bonchev–Trinajstić information content (AvgIpc) is 2.76. The number of hydrogen-bond acceptors (Lipinski definition) is 6. The highest BCUT2D eigenvalue weighted by Gasteiger charge is 2.17. The molecule has 3 aromatic carbocycles. The van der Waals surface area contributed by atoms with Crippen LogP contribution in [0.2, 0.25) is 0 Å². The second kappa shape index (κ2) is 8.71. The lowest BCUT2D eigenvalue weighted by Gasteiger charge is -2.18. The van der Waals surface area contributed by atoms with Crippen LogP contribution in [-0.4, -0.2) is 14.2 Å². The van der Waals surface area contributed by atoms with Crippen LogP contribution >= 0.6 is 23.5 Å². The summed E-state index contributed by atoms with van der Waals surface area (Å²) < 4.78 is 10.5. The quantitative estimate of drug-likeness (QED) is 0.469. The van der Waals surface area contributed by atoms with Gasteiger partial charge in [0.05, 0.1) is 27.3 Å². The zero-order valence-corrected chi connectivity index (χ0v) is 17.3. The zero-order valence-electron chi connectivity index (χ0n) is 15.7. The molecule has 4 rings (SSSR count). The van der Waals surface area contributed by atoms with Crippen LogP contribution in [0.1, 0.15) is 11.1 Å². The number of ether oxygens (including phenoxy) is 2. The number of methoxy groups -OCH3 is 2. The molecule has 6 heteroatoms. The van der Waals surface area contributed by atoms with Crippen molar-refractivity contribution in [1.82, 2.24) is 0 Å². The molecule has 0 bridgehead atoms. The standard InChI is InChI=1S/C22H20N2O2S2/c1-25-15-3-7-17(8-4-15)27-21-11-12-22(20-14-24-23-13-19(20)21)28-18-9-5-16(26-2)6-10-18/h3-12H,13-14H2,1-2H3. The monoisotopic (exact) mass is 408 g/mol. The molecule has 0 amide bonds. The molecule has 1 aliphatic heterocycles. The van der Waals surface area contributed by atoms with E-state index in [9.17, 15) is 0 Å². The van der Waals surface area contributed by atoms with Crippen molar-refractivity contribution in [2.24, 2.45) is 10.2 Å². The molecule has 0 atom stereocenters. The zero-order chi connectivity index (χ0) is 19.3. The third kappa shape index (κ3) is 4.18. The van der Waals surface area contributed by atoms with Gasteiger partial charge in [0, 0.05) is 19.6 Å². The summed E-state index contributed by atoms with van der Waals surface area (Å²) in [6.45, 7) is 1.26. The molecule has 142 valence electrons. The van der Waals surface area contributed by atoms with Gasteiger partial charge < -0.3 is 9.47 Å². The summed E-state index contributed by atoms with van der Waals surface area (Å²) in [5.74, 6) is 1.73. The SMILES string of the molecule is COc1ccc(Sc2ccc(Sc3ccc(OC)cc3)c3c2CN=NC3)cc1. The second-order valence-corrected chi connectivity index (χ2v) is 8.40. The van der Waals surface area contributed by atoms with Crippen molar-refractivity contribution in [2.45, 2.75) is 32.7 Å². The smallest absolute Gasteiger partial charge is 0.118 e. The maximum atomic E-state index is 5.25. The number of azo groups is 1. The number of hydrogen-bond donors (Lipinski definition) is 0. The van der Waals surface area contributed by atoms with E-state index in [4.69, 9.17) is 9.47 Å². The molecule has 28 heavy (non-hydrogen) atoms. The molecule has 0 radical (unpaired) electrons. The molecule has 0 spiro atoms. The minimum absolute atomic E-state index is 0.630. The molecule has 0 N–H and O–H groups in total. The van der Waals surface area contributed by atoms with Crippen LogP contribution in [-0.2, 0) is 13.1 Å². The molecule has 0 aromatic heterocycles. The van der Waals surface area contributed by atoms with Gasteiger partial charge in [-0.2, -0.15) is 10.2 Å². The molecule has 4 nitrogen and oxygen atoms in total. The van der Waals surface area contributed by atoms with E-state index >= 15 is 0 Å². The summed E-state index contributed by atoms with van der Waals surface area (Å²) in [7, 11) is 3.37. The number of benzene rings is 3. The van der Waals surface area contributed by atoms with Crippen molar-refractivity contribution in [3.8, 4) is 11.5 Å². The maximum Gasteiger partial charge on any atom is 0.118 e. The molecule has 0 saturated heterocycles. The van der Waals surface area contributed by atoms with Crippen LogP contribution in [0.15, 0.2) is 90.5 Å². The molecular weight excluding hydrogens is 388 g/mol. The molecule has 0 aliphatic carbocycles. The highest BCUT2D eigenvalue weighted by Crippen LogP contribution is 2.40. The Kier molecular flexibility index (Phi) is 5.88. The summed E-state index contributed by atoms with van der Waals surface area (Å²) >= 11 is 3.52. The third-order valence-electron chi connectivity index (χ3n) is 4.48. The fourth-order valence-electron chi connectivity index (χ4n) is 2.97. The van der Waals surface area contributed by atoms with E-state index in [0.29, 0.717) is 13.1 Å². The van der Waals surface area contributed by atoms with E-state index in [1.165, 1.54) is 30.7 Å². The fraction of sp³-hybridized carbons (Fsp3) is 0.182. The van der Waals surface area contributed by atoms with Crippen LogP contribution in [0.3, 0.4) is 0 Å². The predicted molar refractivity (Wildman–Crippen MR) is 113 cm³/mol. The van der Waals surface area contributed by atoms with Gasteiger partial charge in [-0.1, -0.05) is 23.5 Å². The van der Waals surface area contributed by atoms with Gasteiger partial charge in [0.25, 0.3) is 0 Å². The molecule has 0 unspecified atom stereocenters. The first-order chi connectivity index (χ1) is 13.8. The molecular formula is C22H20N2O2S2. The minimum atomic E-state index is 0.630. The van der Waals surface area contributed by atoms with Crippen molar-refractivity contribution in [3.05, 3.63) is 71.8 Å². The first kappa shape index (κ1) is 18.9. The van der Waals surface area contributed by atoms with E-state index in [1.54, 1.807) is 37.7 Å². The second-order valence-electron chi connectivity index (χ2n) is 6.17. The van der Waals surface area contributed by atoms with Crippen LogP contribution in [0.25, 0.3) is 0 Å². The Morgan fingerprint density at radius 2 is 1.00 bits per heavy atom. The summed E-state index contributed by atoms with van der Waals surface area (Å²) in [4.78, 5) is 4.83. The van der Waals surface area contributed by atoms with Crippen LogP contribution in [0, 0.1) is 0 Å². The van der Waals surface area contributed by atoms with Gasteiger partial charge in [-0.15, -0.1) is 0 Å². The minimum Gasteiger partial charge on any atom is -0.497 e. The Labute approximate surface area is 173 Å². The fourth-order valence-corrected chi connectivity index (χ4v) is 4.92. The van der Waals surface area contributed by atoms with Gasteiger partial charge in [-0.25, -0.2) is 0 Å². The Bertz CT molecular complexity index is 906. The van der Waals surface area contributed by atoms with Crippen LogP contribution in [0.5, 0.6) is 11.5 Å². The van der Waals surface area contributed by atoms with Gasteiger partial charge in [0.2, 0.25) is 0 Å². The lowest BCUT2D eigenvalue weighted by molar-refractivity contribution is 0.414. The first-order valence-corrected chi connectivity index (χ1v) is 10.5. The van der Waals surface area contributed by atoms with Gasteiger partial charge >= 0.3 is 0 Å². The summed E-state index contributed by atoms with van der Waals surface area (Å²) in [5.41, 5.74) is 2.55. The largest absolute Gasteiger partial charge is 0.497 e. The van der Waals surface area contributed by atoms with Gasteiger partial charge in [0.15, 0.2) is 0 Å². The first-order valence-electron chi connectivity index (χ1n) is 8.88. The van der Waals surface area contributed by atoms with E-state index in [2.05, 4.69) is 46.6 Å². The summed E-state index contributed by atoms with van der Waals surface area (Å²) in [6.07, 6.45) is 0. The maximum absolute atomic E-state index is 5.25. The topological polar surface area (TPSA) is 43.2 Å². The van der Waals surface area contributed by atoms with E-state index in [1.807, 2.05) is 24.3 Å². The van der Waals surface area contributed by atoms with E-state index < -0.39 is 0 Å². The van der Waals surface area contributed by atoms with Gasteiger partial charge in [-0.05, 0) is 71.8 Å². The van der Waals surface area contributed by atoms with Gasteiger partial charge in [-0.3, -0.25) is 0 Å². The van der Waals surface area contributed by atoms with E-state index in [-0.39, 0.29) is 0 Å².